The van der Waals surface area contributed by atoms with Crippen molar-refractivity contribution in [3.8, 4) is 0 Å². The van der Waals surface area contributed by atoms with E-state index in [1.54, 1.807) is 17.5 Å². The van der Waals surface area contributed by atoms with E-state index in [0.717, 1.165) is 23.2 Å². The van der Waals surface area contributed by atoms with Crippen molar-refractivity contribution in [3.05, 3.63) is 29.4 Å². The number of nitrogens with one attached hydrogen (secondary N) is 1. The van der Waals surface area contributed by atoms with E-state index in [2.05, 4.69) is 29.0 Å². The van der Waals surface area contributed by atoms with E-state index in [1.807, 2.05) is 17.5 Å². The molecule has 1 unspecified atom stereocenters. The summed E-state index contributed by atoms with van der Waals surface area (Å²) in [6.07, 6.45) is 4.17. The van der Waals surface area contributed by atoms with Crippen LogP contribution in [0.15, 0.2) is 23.7 Å². The lowest BCUT2D eigenvalue weighted by molar-refractivity contribution is -0.0378. The average Bonchev–Trinajstić information content (AvgIpc) is 2.98. The standard InChI is InChI=1S/C17H21N3OS/c1-17(2)15(11-3-6-20(17)7-4-11)19-16(21)13-9-14-12(10-18-13)5-8-22-14/h5,8-11,15H,3-4,6-7H2,1-2H3,(H,19,21). The van der Waals surface area contributed by atoms with Gasteiger partial charge in [-0.1, -0.05) is 0 Å². The lowest BCUT2D eigenvalue weighted by Crippen LogP contribution is -2.69. The van der Waals surface area contributed by atoms with Gasteiger partial charge in [-0.25, -0.2) is 0 Å². The Morgan fingerprint density at radius 1 is 1.41 bits per heavy atom. The van der Waals surface area contributed by atoms with Crippen LogP contribution < -0.4 is 5.32 Å². The number of hydrogen-bond acceptors (Lipinski definition) is 4. The van der Waals surface area contributed by atoms with Crippen LogP contribution in [-0.4, -0.2) is 40.5 Å². The minimum Gasteiger partial charge on any atom is -0.346 e. The quantitative estimate of drug-likeness (QED) is 0.927. The summed E-state index contributed by atoms with van der Waals surface area (Å²) in [6.45, 7) is 6.81. The lowest BCUT2D eigenvalue weighted by Gasteiger charge is -2.56. The zero-order chi connectivity index (χ0) is 15.3. The molecule has 0 radical (unpaired) electrons. The van der Waals surface area contributed by atoms with Gasteiger partial charge in [0.15, 0.2) is 0 Å². The number of carbonyl (C=O) groups is 1. The largest absolute Gasteiger partial charge is 0.346 e. The Hall–Kier alpha value is -1.46. The fourth-order valence-electron chi connectivity index (χ4n) is 4.07. The number of aromatic nitrogens is 1. The third-order valence-electron chi connectivity index (χ3n) is 5.44. The Balaban J connectivity index is 1.58. The van der Waals surface area contributed by atoms with Crippen LogP contribution in [0.1, 0.15) is 37.2 Å². The molecule has 3 saturated heterocycles. The van der Waals surface area contributed by atoms with Crippen molar-refractivity contribution in [2.75, 3.05) is 13.1 Å². The number of piperidine rings is 3. The third-order valence-corrected chi connectivity index (χ3v) is 6.32. The summed E-state index contributed by atoms with van der Waals surface area (Å²) in [5, 5.41) is 6.41. The Morgan fingerprint density at radius 2 is 2.18 bits per heavy atom. The van der Waals surface area contributed by atoms with Gasteiger partial charge in [0.05, 0.1) is 0 Å². The maximum absolute atomic E-state index is 12.7. The molecule has 3 fully saturated rings. The maximum Gasteiger partial charge on any atom is 0.270 e. The number of carbonyl (C=O) groups excluding carboxylic acids is 1. The first kappa shape index (κ1) is 14.2. The molecule has 0 aromatic carbocycles. The van der Waals surface area contributed by atoms with Crippen LogP contribution in [0.3, 0.4) is 0 Å². The number of nitrogens with zero attached hydrogens (tertiary/aromatic N) is 2. The highest BCUT2D eigenvalue weighted by Crippen LogP contribution is 2.39. The predicted molar refractivity (Wildman–Crippen MR) is 89.3 cm³/mol. The Labute approximate surface area is 134 Å². The molecule has 5 heteroatoms. The van der Waals surface area contributed by atoms with Crippen molar-refractivity contribution in [2.24, 2.45) is 5.92 Å². The molecule has 22 heavy (non-hydrogen) atoms. The van der Waals surface area contributed by atoms with Gasteiger partial charge in [-0.3, -0.25) is 14.7 Å². The van der Waals surface area contributed by atoms with Gasteiger partial charge < -0.3 is 5.32 Å². The van der Waals surface area contributed by atoms with Gasteiger partial charge >= 0.3 is 0 Å². The lowest BCUT2D eigenvalue weighted by atomic mass is 9.72. The molecule has 116 valence electrons. The Kier molecular flexibility index (Phi) is 3.24. The number of hydrogen-bond donors (Lipinski definition) is 1. The van der Waals surface area contributed by atoms with Crippen molar-refractivity contribution in [1.29, 1.82) is 0 Å². The second-order valence-electron chi connectivity index (χ2n) is 6.96. The van der Waals surface area contributed by atoms with E-state index in [9.17, 15) is 4.79 Å². The summed E-state index contributed by atoms with van der Waals surface area (Å²) >= 11 is 1.65. The molecule has 2 bridgehead atoms. The van der Waals surface area contributed by atoms with Crippen LogP contribution in [0.2, 0.25) is 0 Å². The van der Waals surface area contributed by atoms with Gasteiger partial charge in [0, 0.05) is 27.9 Å². The third kappa shape index (κ3) is 2.15. The van der Waals surface area contributed by atoms with E-state index in [0.29, 0.717) is 11.6 Å². The highest BCUT2D eigenvalue weighted by atomic mass is 32.1. The fraction of sp³-hybridized carbons (Fsp3) is 0.529. The van der Waals surface area contributed by atoms with Crippen LogP contribution in [-0.2, 0) is 0 Å². The van der Waals surface area contributed by atoms with Crippen molar-refractivity contribution < 1.29 is 4.79 Å². The first-order chi connectivity index (χ1) is 10.6. The zero-order valence-electron chi connectivity index (χ0n) is 13.0. The molecule has 2 aromatic heterocycles. The second-order valence-corrected chi connectivity index (χ2v) is 7.90. The van der Waals surface area contributed by atoms with Gasteiger partial charge in [-0.15, -0.1) is 11.3 Å². The Bertz CT molecular complexity index is 716. The molecule has 1 amide bonds. The molecule has 5 heterocycles. The van der Waals surface area contributed by atoms with Crippen LogP contribution in [0.5, 0.6) is 0 Å². The number of amides is 1. The summed E-state index contributed by atoms with van der Waals surface area (Å²) < 4.78 is 1.12. The summed E-state index contributed by atoms with van der Waals surface area (Å²) in [5.74, 6) is 0.552. The number of pyridine rings is 1. The summed E-state index contributed by atoms with van der Waals surface area (Å²) in [7, 11) is 0. The number of rotatable bonds is 2. The maximum atomic E-state index is 12.7. The van der Waals surface area contributed by atoms with E-state index >= 15 is 0 Å². The molecular weight excluding hydrogens is 294 g/mol. The topological polar surface area (TPSA) is 45.2 Å². The van der Waals surface area contributed by atoms with Gasteiger partial charge in [0.25, 0.3) is 5.91 Å². The van der Waals surface area contributed by atoms with Gasteiger partial charge in [-0.05, 0) is 63.2 Å². The normalized spacial score (nSPS) is 29.6. The van der Waals surface area contributed by atoms with E-state index in [4.69, 9.17) is 0 Å². The van der Waals surface area contributed by atoms with Crippen LogP contribution in [0, 0.1) is 5.92 Å². The Morgan fingerprint density at radius 3 is 2.91 bits per heavy atom. The highest BCUT2D eigenvalue weighted by molar-refractivity contribution is 7.17. The molecule has 1 atom stereocenters. The summed E-state index contributed by atoms with van der Waals surface area (Å²) in [4.78, 5) is 19.5. The molecule has 0 spiro atoms. The minimum atomic E-state index is -0.0397. The number of thiophene rings is 1. The SMILES string of the molecule is CC1(C)C(NC(=O)c2cc3sccc3cn2)C2CCN1CC2. The van der Waals surface area contributed by atoms with Gasteiger partial charge in [0.2, 0.25) is 0 Å². The minimum absolute atomic E-state index is 0.0316. The van der Waals surface area contributed by atoms with E-state index in [-0.39, 0.29) is 17.5 Å². The molecule has 0 saturated carbocycles. The van der Waals surface area contributed by atoms with Crippen molar-refractivity contribution in [2.45, 2.75) is 38.3 Å². The average molecular weight is 315 g/mol. The molecular formula is C17H21N3OS. The van der Waals surface area contributed by atoms with Gasteiger partial charge in [-0.2, -0.15) is 0 Å². The second kappa shape index (κ2) is 5.03. The monoisotopic (exact) mass is 315 g/mol. The van der Waals surface area contributed by atoms with Crippen molar-refractivity contribution in [1.82, 2.24) is 15.2 Å². The first-order valence-electron chi connectivity index (χ1n) is 7.95. The van der Waals surface area contributed by atoms with E-state index < -0.39 is 0 Å². The van der Waals surface area contributed by atoms with Crippen LogP contribution in [0.4, 0.5) is 0 Å². The summed E-state index contributed by atoms with van der Waals surface area (Å²) in [6, 6.07) is 4.15. The van der Waals surface area contributed by atoms with Gasteiger partial charge in [0.1, 0.15) is 5.69 Å². The first-order valence-corrected chi connectivity index (χ1v) is 8.83. The highest BCUT2D eigenvalue weighted by Gasteiger charge is 2.48. The van der Waals surface area contributed by atoms with Crippen molar-refractivity contribution in [3.63, 3.8) is 0 Å². The molecule has 0 aliphatic carbocycles. The van der Waals surface area contributed by atoms with E-state index in [1.165, 1.54) is 12.8 Å². The molecule has 5 rings (SSSR count). The molecule has 4 nitrogen and oxygen atoms in total. The molecule has 3 aliphatic rings. The number of fused-ring (bicyclic) bond motifs is 4. The smallest absolute Gasteiger partial charge is 0.270 e. The zero-order valence-corrected chi connectivity index (χ0v) is 13.8. The summed E-state index contributed by atoms with van der Waals surface area (Å²) in [5.41, 5.74) is 0.561. The van der Waals surface area contributed by atoms with Crippen molar-refractivity contribution >= 4 is 27.3 Å². The predicted octanol–water partition coefficient (Wildman–Crippen LogP) is 2.90. The fourth-order valence-corrected chi connectivity index (χ4v) is 4.87. The molecule has 2 aromatic rings. The van der Waals surface area contributed by atoms with Crippen LogP contribution in [0.25, 0.3) is 10.1 Å². The van der Waals surface area contributed by atoms with Crippen LogP contribution >= 0.6 is 11.3 Å². The molecule has 3 aliphatic heterocycles. The molecule has 1 N–H and O–H groups in total.